The van der Waals surface area contributed by atoms with Crippen LogP contribution in [-0.4, -0.2) is 60.1 Å². The third-order valence-corrected chi connectivity index (χ3v) is 2.68. The normalized spacial score (nSPS) is 17.1. The molecule has 0 unspecified atom stereocenters. The van der Waals surface area contributed by atoms with Crippen LogP contribution < -0.4 is 0 Å². The first-order valence-corrected chi connectivity index (χ1v) is 5.50. The monoisotopic (exact) mass is 212 g/mol. The van der Waals surface area contributed by atoms with Crippen molar-refractivity contribution in [3.8, 4) is 0 Å². The lowest BCUT2D eigenvalue weighted by molar-refractivity contribution is -0.138. The number of aliphatic carboxylic acids is 1. The zero-order chi connectivity index (χ0) is 11.1. The average molecular weight is 212 g/mol. The molecule has 0 aromatic rings. The molecule has 1 fully saturated rings. The summed E-state index contributed by atoms with van der Waals surface area (Å²) in [4.78, 5) is 14.9. The molecule has 1 heterocycles. The third-order valence-electron chi connectivity index (χ3n) is 2.68. The fourth-order valence-corrected chi connectivity index (χ4v) is 1.90. The molecule has 0 radical (unpaired) electrons. The fraction of sp³-hybridized carbons (Fsp3) is 0.727. The van der Waals surface area contributed by atoms with E-state index in [0.29, 0.717) is 6.54 Å². The van der Waals surface area contributed by atoms with Crippen molar-refractivity contribution in [2.45, 2.75) is 12.8 Å². The first kappa shape index (κ1) is 12.2. The lowest BCUT2D eigenvalue weighted by Crippen LogP contribution is -2.37. The van der Waals surface area contributed by atoms with Crippen LogP contribution in [0, 0.1) is 0 Å². The van der Waals surface area contributed by atoms with Crippen molar-refractivity contribution < 1.29 is 9.90 Å². The van der Waals surface area contributed by atoms with E-state index < -0.39 is 5.97 Å². The maximum Gasteiger partial charge on any atom is 0.317 e. The van der Waals surface area contributed by atoms with E-state index >= 15 is 0 Å². The summed E-state index contributed by atoms with van der Waals surface area (Å²) in [5, 5.41) is 8.71. The molecule has 0 saturated carbocycles. The zero-order valence-electron chi connectivity index (χ0n) is 9.19. The van der Waals surface area contributed by atoms with Gasteiger partial charge in [0.25, 0.3) is 0 Å². The Kier molecular flexibility index (Phi) is 5.36. The predicted octanol–water partition coefficient (Wildman–Crippen LogP) is 0.655. The van der Waals surface area contributed by atoms with Gasteiger partial charge >= 0.3 is 5.97 Å². The molecule has 0 spiro atoms. The molecule has 4 nitrogen and oxygen atoms in total. The number of carbonyl (C=O) groups is 1. The second kappa shape index (κ2) is 6.58. The van der Waals surface area contributed by atoms with Gasteiger partial charge < -0.3 is 10.0 Å². The van der Waals surface area contributed by atoms with Crippen molar-refractivity contribution in [1.82, 2.24) is 9.80 Å². The van der Waals surface area contributed by atoms with Crippen molar-refractivity contribution in [2.75, 3.05) is 39.3 Å². The van der Waals surface area contributed by atoms with Gasteiger partial charge in [-0.1, -0.05) is 6.08 Å². The fourth-order valence-electron chi connectivity index (χ4n) is 1.90. The van der Waals surface area contributed by atoms with Crippen LogP contribution in [0.2, 0.25) is 0 Å². The first-order chi connectivity index (χ1) is 7.22. The van der Waals surface area contributed by atoms with E-state index in [0.717, 1.165) is 26.2 Å². The minimum atomic E-state index is -0.765. The Morgan fingerprint density at radius 2 is 2.13 bits per heavy atom. The van der Waals surface area contributed by atoms with Crippen molar-refractivity contribution in [1.29, 1.82) is 0 Å². The quantitative estimate of drug-likeness (QED) is 0.629. The molecule has 0 amide bonds. The van der Waals surface area contributed by atoms with Crippen LogP contribution in [0.25, 0.3) is 0 Å². The lowest BCUT2D eigenvalue weighted by atomic mass is 10.4. The summed E-state index contributed by atoms with van der Waals surface area (Å²) in [6, 6.07) is 0. The van der Waals surface area contributed by atoms with E-state index in [9.17, 15) is 4.79 Å². The highest BCUT2D eigenvalue weighted by molar-refractivity contribution is 5.69. The topological polar surface area (TPSA) is 43.8 Å². The molecule has 0 aromatic heterocycles. The minimum Gasteiger partial charge on any atom is -0.480 e. The Morgan fingerprint density at radius 3 is 2.67 bits per heavy atom. The van der Waals surface area contributed by atoms with Crippen LogP contribution in [-0.2, 0) is 4.79 Å². The van der Waals surface area contributed by atoms with Gasteiger partial charge in [0.05, 0.1) is 6.54 Å². The van der Waals surface area contributed by atoms with Crippen LogP contribution in [0.3, 0.4) is 0 Å². The summed E-state index contributed by atoms with van der Waals surface area (Å²) in [6.07, 6.45) is 4.31. The highest BCUT2D eigenvalue weighted by atomic mass is 16.4. The summed E-state index contributed by atoms with van der Waals surface area (Å²) in [5.41, 5.74) is 0. The van der Waals surface area contributed by atoms with Gasteiger partial charge in [-0.25, -0.2) is 0 Å². The number of hydrogen-bond donors (Lipinski definition) is 1. The molecule has 1 rings (SSSR count). The summed E-state index contributed by atoms with van der Waals surface area (Å²) in [5.74, 6) is -0.765. The lowest BCUT2D eigenvalue weighted by Gasteiger charge is -2.22. The van der Waals surface area contributed by atoms with Crippen molar-refractivity contribution in [3.05, 3.63) is 12.7 Å². The van der Waals surface area contributed by atoms with Gasteiger partial charge in [-0.15, -0.1) is 6.58 Å². The molecule has 15 heavy (non-hydrogen) atoms. The molecule has 4 heteroatoms. The van der Waals surface area contributed by atoms with Crippen molar-refractivity contribution in [2.24, 2.45) is 0 Å². The first-order valence-electron chi connectivity index (χ1n) is 5.50. The van der Waals surface area contributed by atoms with Crippen LogP contribution in [0.15, 0.2) is 12.7 Å². The maximum atomic E-state index is 10.6. The number of nitrogens with zero attached hydrogens (tertiary/aromatic N) is 2. The summed E-state index contributed by atoms with van der Waals surface area (Å²) in [6.45, 7) is 8.52. The molecule has 1 N–H and O–H groups in total. The number of rotatable bonds is 7. The van der Waals surface area contributed by atoms with E-state index in [1.54, 1.807) is 6.08 Å². The molecule has 1 aliphatic heterocycles. The molecule has 86 valence electrons. The van der Waals surface area contributed by atoms with Gasteiger partial charge in [0, 0.05) is 19.6 Å². The molecule has 0 atom stereocenters. The molecular formula is C11H20N2O2. The van der Waals surface area contributed by atoms with E-state index in [-0.39, 0.29) is 6.54 Å². The van der Waals surface area contributed by atoms with E-state index in [1.165, 1.54) is 12.8 Å². The Hall–Kier alpha value is -0.870. The van der Waals surface area contributed by atoms with Gasteiger partial charge in [0.1, 0.15) is 0 Å². The van der Waals surface area contributed by atoms with Crippen LogP contribution >= 0.6 is 0 Å². The van der Waals surface area contributed by atoms with E-state index in [2.05, 4.69) is 11.5 Å². The molecule has 0 bridgehead atoms. The predicted molar refractivity (Wildman–Crippen MR) is 59.9 cm³/mol. The summed E-state index contributed by atoms with van der Waals surface area (Å²) < 4.78 is 0. The molecule has 1 saturated heterocycles. The molecule has 0 aromatic carbocycles. The molecule has 1 aliphatic rings. The molecule has 0 aliphatic carbocycles. The number of carboxylic acids is 1. The van der Waals surface area contributed by atoms with Crippen molar-refractivity contribution >= 4 is 5.97 Å². The standard InChI is InChI=1S/C11H20N2O2/c1-2-5-13(10-11(14)15)9-8-12-6-3-4-7-12/h2H,1,3-10H2,(H,14,15). The SMILES string of the molecule is C=CCN(CCN1CCCC1)CC(=O)O. The highest BCUT2D eigenvalue weighted by Crippen LogP contribution is 2.06. The summed E-state index contributed by atoms with van der Waals surface area (Å²) in [7, 11) is 0. The van der Waals surface area contributed by atoms with Crippen LogP contribution in [0.4, 0.5) is 0 Å². The maximum absolute atomic E-state index is 10.6. The van der Waals surface area contributed by atoms with Gasteiger partial charge in [-0.3, -0.25) is 9.69 Å². The van der Waals surface area contributed by atoms with Crippen LogP contribution in [0.5, 0.6) is 0 Å². The van der Waals surface area contributed by atoms with Gasteiger partial charge in [0.15, 0.2) is 0 Å². The Balaban J connectivity index is 2.23. The largest absolute Gasteiger partial charge is 0.480 e. The average Bonchev–Trinajstić information content (AvgIpc) is 2.66. The second-order valence-corrected chi connectivity index (χ2v) is 3.97. The Morgan fingerprint density at radius 1 is 1.47 bits per heavy atom. The van der Waals surface area contributed by atoms with E-state index in [4.69, 9.17) is 5.11 Å². The van der Waals surface area contributed by atoms with Crippen molar-refractivity contribution in [3.63, 3.8) is 0 Å². The van der Waals surface area contributed by atoms with Gasteiger partial charge in [-0.05, 0) is 25.9 Å². The number of hydrogen-bond acceptors (Lipinski definition) is 3. The Bertz CT molecular complexity index is 213. The number of likely N-dealkylation sites (tertiary alicyclic amines) is 1. The minimum absolute atomic E-state index is 0.111. The van der Waals surface area contributed by atoms with E-state index in [1.807, 2.05) is 4.90 Å². The van der Waals surface area contributed by atoms with Crippen LogP contribution in [0.1, 0.15) is 12.8 Å². The van der Waals surface area contributed by atoms with Gasteiger partial charge in [-0.2, -0.15) is 0 Å². The highest BCUT2D eigenvalue weighted by Gasteiger charge is 2.13. The van der Waals surface area contributed by atoms with Gasteiger partial charge in [0.2, 0.25) is 0 Å². The zero-order valence-corrected chi connectivity index (χ0v) is 9.19. The third kappa shape index (κ3) is 4.95. The number of carboxylic acid groups (broad SMARTS) is 1. The summed E-state index contributed by atoms with van der Waals surface area (Å²) >= 11 is 0. The molecular weight excluding hydrogens is 192 g/mol. The smallest absolute Gasteiger partial charge is 0.317 e. The Labute approximate surface area is 91.2 Å². The second-order valence-electron chi connectivity index (χ2n) is 3.97.